The lowest BCUT2D eigenvalue weighted by Crippen LogP contribution is -2.35. The van der Waals surface area contributed by atoms with Gasteiger partial charge in [-0.15, -0.1) is 13.2 Å². The Morgan fingerprint density at radius 3 is 2.28 bits per heavy atom. The lowest BCUT2D eigenvalue weighted by molar-refractivity contribution is -0.274. The van der Waals surface area contributed by atoms with Crippen molar-refractivity contribution in [3.05, 3.63) is 64.7 Å². The fourth-order valence-corrected chi connectivity index (χ4v) is 3.19. The summed E-state index contributed by atoms with van der Waals surface area (Å²) in [5.74, 6) is -0.251. The molecule has 0 saturated heterocycles. The summed E-state index contributed by atoms with van der Waals surface area (Å²) in [4.78, 5) is 2.25. The number of alkyl halides is 3. The number of nitrogens with zero attached hydrogens (tertiary/aromatic N) is 1. The van der Waals surface area contributed by atoms with Gasteiger partial charge in [-0.25, -0.2) is 0 Å². The molecule has 2 aromatic rings. The topological polar surface area (TPSA) is 38.5 Å². The van der Waals surface area contributed by atoms with E-state index in [1.807, 2.05) is 13.0 Å². The van der Waals surface area contributed by atoms with Crippen LogP contribution in [-0.4, -0.2) is 24.9 Å². The molecule has 3 nitrogen and oxygen atoms in total. The van der Waals surface area contributed by atoms with Crippen molar-refractivity contribution in [1.29, 1.82) is 0 Å². The third-order valence-electron chi connectivity index (χ3n) is 4.70. The Balaban J connectivity index is 1.87. The molecule has 0 fully saturated rings. The quantitative estimate of drug-likeness (QED) is 0.915. The molecule has 0 aromatic heterocycles. The first kappa shape index (κ1) is 17.8. The standard InChI is InChI=1S/C19H21F3N2O/c1-18(23,15-5-7-17(8-6-15)25-19(20,21)22)16-4-3-13-9-10-24(2)12-14(13)11-16/h3-8,11H,9-10,12,23H2,1-2H3. The SMILES string of the molecule is CN1CCc2ccc(C(C)(N)c3ccc(OC(F)(F)F)cc3)cc2C1. The molecular weight excluding hydrogens is 329 g/mol. The molecule has 3 rings (SSSR count). The first-order valence-corrected chi connectivity index (χ1v) is 8.11. The summed E-state index contributed by atoms with van der Waals surface area (Å²) in [7, 11) is 2.08. The summed E-state index contributed by atoms with van der Waals surface area (Å²) >= 11 is 0. The number of rotatable bonds is 3. The zero-order chi connectivity index (χ0) is 18.2. The van der Waals surface area contributed by atoms with Gasteiger partial charge in [0.05, 0.1) is 5.54 Å². The van der Waals surface area contributed by atoms with Crippen LogP contribution in [0.5, 0.6) is 5.75 Å². The van der Waals surface area contributed by atoms with E-state index in [0.29, 0.717) is 0 Å². The van der Waals surface area contributed by atoms with Crippen LogP contribution in [0.2, 0.25) is 0 Å². The van der Waals surface area contributed by atoms with Crippen molar-refractivity contribution >= 4 is 0 Å². The first-order chi connectivity index (χ1) is 11.6. The van der Waals surface area contributed by atoms with E-state index < -0.39 is 11.9 Å². The van der Waals surface area contributed by atoms with Gasteiger partial charge in [-0.1, -0.05) is 30.3 Å². The minimum atomic E-state index is -4.70. The van der Waals surface area contributed by atoms with Crippen molar-refractivity contribution in [2.75, 3.05) is 13.6 Å². The predicted molar refractivity (Wildman–Crippen MR) is 90.2 cm³/mol. The van der Waals surface area contributed by atoms with Crippen molar-refractivity contribution in [1.82, 2.24) is 4.90 Å². The summed E-state index contributed by atoms with van der Waals surface area (Å²) in [5.41, 5.74) is 9.96. The molecule has 0 amide bonds. The third kappa shape index (κ3) is 3.96. The highest BCUT2D eigenvalue weighted by Crippen LogP contribution is 2.31. The molecule has 0 saturated carbocycles. The Bertz CT molecular complexity index is 754. The Morgan fingerprint density at radius 2 is 1.64 bits per heavy atom. The predicted octanol–water partition coefficient (Wildman–Crippen LogP) is 3.80. The summed E-state index contributed by atoms with van der Waals surface area (Å²) in [6, 6.07) is 11.9. The van der Waals surface area contributed by atoms with Gasteiger partial charge in [0.15, 0.2) is 0 Å². The van der Waals surface area contributed by atoms with Crippen LogP contribution >= 0.6 is 0 Å². The van der Waals surface area contributed by atoms with Crippen molar-refractivity contribution in [2.24, 2.45) is 5.73 Å². The molecule has 0 spiro atoms. The van der Waals surface area contributed by atoms with Gasteiger partial charge in [0.2, 0.25) is 0 Å². The number of likely N-dealkylation sites (N-methyl/N-ethyl adjacent to an activating group) is 1. The second-order valence-corrected chi connectivity index (χ2v) is 6.75. The van der Waals surface area contributed by atoms with E-state index >= 15 is 0 Å². The number of hydrogen-bond donors (Lipinski definition) is 1. The maximum atomic E-state index is 12.3. The smallest absolute Gasteiger partial charge is 0.406 e. The Morgan fingerprint density at radius 1 is 1.00 bits per heavy atom. The van der Waals surface area contributed by atoms with Crippen LogP contribution < -0.4 is 10.5 Å². The maximum absolute atomic E-state index is 12.3. The largest absolute Gasteiger partial charge is 0.573 e. The molecule has 134 valence electrons. The van der Waals surface area contributed by atoms with Gasteiger partial charge in [0.25, 0.3) is 0 Å². The molecule has 2 aromatic carbocycles. The lowest BCUT2D eigenvalue weighted by Gasteiger charge is -2.30. The Kier molecular flexibility index (Phi) is 4.51. The summed E-state index contributed by atoms with van der Waals surface area (Å²) in [5, 5.41) is 0. The van der Waals surface area contributed by atoms with Crippen LogP contribution in [-0.2, 0) is 18.5 Å². The van der Waals surface area contributed by atoms with Gasteiger partial charge < -0.3 is 15.4 Å². The summed E-state index contributed by atoms with van der Waals surface area (Å²) < 4.78 is 40.8. The molecule has 6 heteroatoms. The summed E-state index contributed by atoms with van der Waals surface area (Å²) in [6.07, 6.45) is -3.69. The van der Waals surface area contributed by atoms with E-state index in [9.17, 15) is 13.2 Å². The highest BCUT2D eigenvalue weighted by molar-refractivity contribution is 5.43. The van der Waals surface area contributed by atoms with Gasteiger partial charge in [0.1, 0.15) is 5.75 Å². The van der Waals surface area contributed by atoms with Crippen LogP contribution in [0.4, 0.5) is 13.2 Å². The zero-order valence-electron chi connectivity index (χ0n) is 14.2. The number of hydrogen-bond acceptors (Lipinski definition) is 3. The third-order valence-corrected chi connectivity index (χ3v) is 4.70. The van der Waals surface area contributed by atoms with Gasteiger partial charge in [0, 0.05) is 13.1 Å². The molecule has 1 unspecified atom stereocenters. The van der Waals surface area contributed by atoms with Crippen LogP contribution in [0.15, 0.2) is 42.5 Å². The van der Waals surface area contributed by atoms with Gasteiger partial charge >= 0.3 is 6.36 Å². The second-order valence-electron chi connectivity index (χ2n) is 6.75. The number of halogens is 3. The maximum Gasteiger partial charge on any atom is 0.573 e. The highest BCUT2D eigenvalue weighted by Gasteiger charge is 2.31. The molecule has 0 bridgehead atoms. The molecule has 1 aliphatic heterocycles. The Labute approximate surface area is 145 Å². The van der Waals surface area contributed by atoms with Gasteiger partial charge in [-0.2, -0.15) is 0 Å². The normalized spacial score (nSPS) is 17.7. The van der Waals surface area contributed by atoms with Gasteiger partial charge in [-0.3, -0.25) is 0 Å². The average molecular weight is 350 g/mol. The second kappa shape index (κ2) is 6.35. The molecular formula is C19H21F3N2O. The van der Waals surface area contributed by atoms with Crippen molar-refractivity contribution in [3.8, 4) is 5.75 Å². The van der Waals surface area contributed by atoms with E-state index in [0.717, 1.165) is 30.6 Å². The lowest BCUT2D eigenvalue weighted by atomic mass is 9.83. The molecule has 1 aliphatic rings. The highest BCUT2D eigenvalue weighted by atomic mass is 19.4. The monoisotopic (exact) mass is 350 g/mol. The van der Waals surface area contributed by atoms with Gasteiger partial charge in [-0.05, 0) is 54.8 Å². The number of ether oxygens (including phenoxy) is 1. The minimum Gasteiger partial charge on any atom is -0.406 e. The molecule has 25 heavy (non-hydrogen) atoms. The van der Waals surface area contributed by atoms with Crippen LogP contribution in [0.25, 0.3) is 0 Å². The molecule has 1 heterocycles. The molecule has 0 radical (unpaired) electrons. The number of nitrogens with two attached hydrogens (primary N) is 1. The fourth-order valence-electron chi connectivity index (χ4n) is 3.19. The number of fused-ring (bicyclic) bond motifs is 1. The van der Waals surface area contributed by atoms with E-state index in [4.69, 9.17) is 5.73 Å². The van der Waals surface area contributed by atoms with Crippen molar-refractivity contribution < 1.29 is 17.9 Å². The fraction of sp³-hybridized carbons (Fsp3) is 0.368. The van der Waals surface area contributed by atoms with E-state index in [1.165, 1.54) is 23.3 Å². The van der Waals surface area contributed by atoms with Crippen molar-refractivity contribution in [2.45, 2.75) is 31.8 Å². The molecule has 1 atom stereocenters. The van der Waals surface area contributed by atoms with Crippen LogP contribution in [0.1, 0.15) is 29.2 Å². The van der Waals surface area contributed by atoms with E-state index in [1.54, 1.807) is 12.1 Å². The zero-order valence-corrected chi connectivity index (χ0v) is 14.2. The van der Waals surface area contributed by atoms with Crippen molar-refractivity contribution in [3.63, 3.8) is 0 Å². The Hall–Kier alpha value is -2.05. The molecule has 0 aliphatic carbocycles. The first-order valence-electron chi connectivity index (χ1n) is 8.11. The molecule has 2 N–H and O–H groups in total. The van der Waals surface area contributed by atoms with E-state index in [-0.39, 0.29) is 5.75 Å². The number of benzene rings is 2. The van der Waals surface area contributed by atoms with Crippen LogP contribution in [0.3, 0.4) is 0 Å². The minimum absolute atomic E-state index is 0.251. The summed E-state index contributed by atoms with van der Waals surface area (Å²) in [6.45, 7) is 3.77. The van der Waals surface area contributed by atoms with Crippen LogP contribution in [0, 0.1) is 0 Å². The van der Waals surface area contributed by atoms with E-state index in [2.05, 4.69) is 28.8 Å². The average Bonchev–Trinajstić information content (AvgIpc) is 2.53.